The number of anilines is 1. The lowest BCUT2D eigenvalue weighted by atomic mass is 9.95. The monoisotopic (exact) mass is 606 g/mol. The van der Waals surface area contributed by atoms with Crippen molar-refractivity contribution in [3.8, 4) is 28.9 Å². The molecule has 3 fully saturated rings. The number of benzene rings is 2. The molecule has 2 aromatic heterocycles. The van der Waals surface area contributed by atoms with Crippen LogP contribution in [0.1, 0.15) is 32.6 Å². The number of halogens is 3. The Morgan fingerprint density at radius 2 is 2.05 bits per heavy atom. The fraction of sp³-hybridized carbons (Fsp3) is 0.469. The highest BCUT2D eigenvalue weighted by atomic mass is 19.1. The van der Waals surface area contributed by atoms with Gasteiger partial charge < -0.3 is 24.8 Å². The second-order valence-electron chi connectivity index (χ2n) is 12.5. The molecule has 0 unspecified atom stereocenters. The average molecular weight is 607 g/mol. The molecule has 4 aliphatic rings. The van der Waals surface area contributed by atoms with Crippen molar-refractivity contribution in [2.24, 2.45) is 0 Å². The van der Waals surface area contributed by atoms with Crippen LogP contribution in [0.15, 0.2) is 30.3 Å². The van der Waals surface area contributed by atoms with Gasteiger partial charge in [-0.25, -0.2) is 18.2 Å². The molecule has 0 amide bonds. The number of fused-ring (bicyclic) bond motifs is 4. The maximum Gasteiger partial charge on any atom is 0.319 e. The number of alkyl halides is 1. The molecular weight excluding hydrogens is 573 g/mol. The van der Waals surface area contributed by atoms with Crippen LogP contribution in [-0.4, -0.2) is 88.1 Å². The van der Waals surface area contributed by atoms with Crippen molar-refractivity contribution in [1.82, 2.24) is 25.2 Å². The molecule has 8 rings (SSSR count). The second-order valence-corrected chi connectivity index (χ2v) is 12.5. The van der Waals surface area contributed by atoms with E-state index < -0.39 is 23.3 Å². The maximum atomic E-state index is 16.8. The number of nitrogens with one attached hydrogen (secondary N) is 1. The molecule has 12 heteroatoms. The summed E-state index contributed by atoms with van der Waals surface area (Å²) in [7, 11) is 0. The summed E-state index contributed by atoms with van der Waals surface area (Å²) in [6.07, 6.45) is 2.11. The van der Waals surface area contributed by atoms with E-state index in [0.29, 0.717) is 42.6 Å². The zero-order valence-corrected chi connectivity index (χ0v) is 24.3. The van der Waals surface area contributed by atoms with E-state index in [1.54, 1.807) is 6.07 Å². The van der Waals surface area contributed by atoms with Crippen LogP contribution in [-0.2, 0) is 0 Å². The van der Waals surface area contributed by atoms with E-state index in [-0.39, 0.29) is 65.1 Å². The van der Waals surface area contributed by atoms with Gasteiger partial charge in [0.05, 0.1) is 11.6 Å². The molecule has 4 aliphatic heterocycles. The Labute approximate surface area is 252 Å². The molecule has 44 heavy (non-hydrogen) atoms. The summed E-state index contributed by atoms with van der Waals surface area (Å²) >= 11 is 0. The number of piperazine rings is 1. The lowest BCUT2D eigenvalue weighted by Gasteiger charge is -2.39. The van der Waals surface area contributed by atoms with Crippen molar-refractivity contribution in [2.45, 2.75) is 56.4 Å². The van der Waals surface area contributed by atoms with Gasteiger partial charge in [-0.05, 0) is 49.4 Å². The number of ether oxygens (including phenoxy) is 2. The van der Waals surface area contributed by atoms with E-state index >= 15 is 8.78 Å². The lowest BCUT2D eigenvalue weighted by Crippen LogP contribution is -2.58. The zero-order valence-electron chi connectivity index (χ0n) is 24.3. The maximum absolute atomic E-state index is 16.8. The highest BCUT2D eigenvalue weighted by Gasteiger charge is 2.49. The van der Waals surface area contributed by atoms with Crippen LogP contribution >= 0.6 is 0 Å². The Morgan fingerprint density at radius 1 is 1.16 bits per heavy atom. The summed E-state index contributed by atoms with van der Waals surface area (Å²) in [6, 6.07) is 7.23. The van der Waals surface area contributed by atoms with Gasteiger partial charge in [0.15, 0.2) is 5.82 Å². The molecule has 2 N–H and O–H groups in total. The van der Waals surface area contributed by atoms with Crippen LogP contribution in [0.4, 0.5) is 19.0 Å². The predicted molar refractivity (Wildman–Crippen MR) is 159 cm³/mol. The summed E-state index contributed by atoms with van der Waals surface area (Å²) < 4.78 is 58.9. The molecule has 0 saturated carbocycles. The number of rotatable bonds is 5. The van der Waals surface area contributed by atoms with Gasteiger partial charge in [0.2, 0.25) is 5.88 Å². The first-order valence-electron chi connectivity index (χ1n) is 15.3. The van der Waals surface area contributed by atoms with Gasteiger partial charge in [-0.3, -0.25) is 4.90 Å². The highest BCUT2D eigenvalue weighted by molar-refractivity contribution is 6.02. The minimum absolute atomic E-state index is 0.0165. The van der Waals surface area contributed by atoms with Gasteiger partial charge in [-0.15, -0.1) is 0 Å². The number of aromatic hydroxyl groups is 1. The molecule has 0 bridgehead atoms. The molecule has 4 atom stereocenters. The smallest absolute Gasteiger partial charge is 0.319 e. The fourth-order valence-corrected chi connectivity index (χ4v) is 7.58. The topological polar surface area (TPSA) is 95.9 Å². The molecule has 3 saturated heterocycles. The molecule has 0 radical (unpaired) electrons. The molecule has 0 spiro atoms. The number of aromatic nitrogens is 3. The van der Waals surface area contributed by atoms with E-state index in [4.69, 9.17) is 14.5 Å². The van der Waals surface area contributed by atoms with E-state index in [0.717, 1.165) is 25.8 Å². The van der Waals surface area contributed by atoms with Crippen molar-refractivity contribution in [2.75, 3.05) is 44.3 Å². The van der Waals surface area contributed by atoms with Gasteiger partial charge in [-0.2, -0.15) is 9.97 Å². The summed E-state index contributed by atoms with van der Waals surface area (Å²) in [5, 5.41) is 14.9. The minimum Gasteiger partial charge on any atom is -0.508 e. The van der Waals surface area contributed by atoms with Gasteiger partial charge >= 0.3 is 6.01 Å². The molecule has 4 aromatic rings. The standard InChI is InChI=1S/C32H33F3N6O3/c1-2-19-14-41-20(12-36-19)15-43-30-25-28(26(35)27(37-30)22-10-21(42)9-17-5-3-6-23(34)24(17)22)38-31(39-29(25)41)44-16-32-7-4-8-40(32)13-18(33)11-32/h3,5-6,9-10,18-20,36,42H,2,4,7-8,11-16H2,1H3/t18-,19-,20+,32+/m1/s1. The third-order valence-corrected chi connectivity index (χ3v) is 9.79. The quantitative estimate of drug-likeness (QED) is 0.334. The Morgan fingerprint density at radius 3 is 2.91 bits per heavy atom. The van der Waals surface area contributed by atoms with E-state index in [1.807, 2.05) is 0 Å². The van der Waals surface area contributed by atoms with Crippen LogP contribution in [0.5, 0.6) is 17.6 Å². The number of nitrogens with zero attached hydrogens (tertiary/aromatic N) is 5. The van der Waals surface area contributed by atoms with Crippen molar-refractivity contribution < 1.29 is 27.8 Å². The van der Waals surface area contributed by atoms with Gasteiger partial charge in [0, 0.05) is 43.0 Å². The number of phenolic OH excluding ortho intramolecular Hbond substituents is 1. The first-order chi connectivity index (χ1) is 21.3. The van der Waals surface area contributed by atoms with Crippen molar-refractivity contribution in [3.05, 3.63) is 42.0 Å². The first kappa shape index (κ1) is 27.6. The van der Waals surface area contributed by atoms with E-state index in [9.17, 15) is 9.50 Å². The number of phenols is 1. The minimum atomic E-state index is -0.919. The molecule has 6 heterocycles. The van der Waals surface area contributed by atoms with Crippen LogP contribution < -0.4 is 19.7 Å². The largest absolute Gasteiger partial charge is 0.508 e. The average Bonchev–Trinajstić information content (AvgIpc) is 3.49. The van der Waals surface area contributed by atoms with Gasteiger partial charge in [-0.1, -0.05) is 19.1 Å². The molecule has 0 aliphatic carbocycles. The predicted octanol–water partition coefficient (Wildman–Crippen LogP) is 4.73. The van der Waals surface area contributed by atoms with Crippen molar-refractivity contribution >= 4 is 27.5 Å². The van der Waals surface area contributed by atoms with Gasteiger partial charge in [0.1, 0.15) is 53.4 Å². The Bertz CT molecular complexity index is 1790. The Balaban J connectivity index is 1.31. The third kappa shape index (κ3) is 4.33. The molecule has 2 aromatic carbocycles. The van der Waals surface area contributed by atoms with E-state index in [1.165, 1.54) is 24.3 Å². The third-order valence-electron chi connectivity index (χ3n) is 9.79. The fourth-order valence-electron chi connectivity index (χ4n) is 7.58. The number of hydrogen-bond donors (Lipinski definition) is 2. The summed E-state index contributed by atoms with van der Waals surface area (Å²) in [5.74, 6) is -0.944. The lowest BCUT2D eigenvalue weighted by molar-refractivity contribution is 0.107. The Kier molecular flexibility index (Phi) is 6.49. The second kappa shape index (κ2) is 10.3. The molecular formula is C32H33F3N6O3. The summed E-state index contributed by atoms with van der Waals surface area (Å²) in [4.78, 5) is 18.2. The summed E-state index contributed by atoms with van der Waals surface area (Å²) in [6.45, 7) is 4.98. The van der Waals surface area contributed by atoms with Crippen LogP contribution in [0.25, 0.3) is 32.9 Å². The first-order valence-corrected chi connectivity index (χ1v) is 15.3. The molecule has 9 nitrogen and oxygen atoms in total. The van der Waals surface area contributed by atoms with Crippen LogP contribution in [0.2, 0.25) is 0 Å². The Hall–Kier alpha value is -3.90. The van der Waals surface area contributed by atoms with Crippen LogP contribution in [0, 0.1) is 11.6 Å². The zero-order chi connectivity index (χ0) is 30.2. The van der Waals surface area contributed by atoms with Crippen molar-refractivity contribution in [3.63, 3.8) is 0 Å². The number of pyridine rings is 1. The normalized spacial score (nSPS) is 26.5. The molecule has 230 valence electrons. The number of hydrogen-bond acceptors (Lipinski definition) is 9. The van der Waals surface area contributed by atoms with E-state index in [2.05, 4.69) is 32.0 Å². The summed E-state index contributed by atoms with van der Waals surface area (Å²) in [5.41, 5.74) is -0.629. The highest BCUT2D eigenvalue weighted by Crippen LogP contribution is 2.44. The van der Waals surface area contributed by atoms with Gasteiger partial charge in [0.25, 0.3) is 0 Å². The van der Waals surface area contributed by atoms with Crippen molar-refractivity contribution in [1.29, 1.82) is 0 Å². The SMILES string of the molecule is CC[C@@H]1CN2c3nc(OC[C@@]45CCCN4C[C@H](F)C5)nc4c(F)c(-c5cc(O)cc6cccc(F)c56)nc(c34)OC[C@@H]2CN1. The van der Waals surface area contributed by atoms with Crippen LogP contribution in [0.3, 0.4) is 0 Å².